The maximum absolute atomic E-state index is 12.5. The molecule has 0 heterocycles. The van der Waals surface area contributed by atoms with Gasteiger partial charge in [-0.25, -0.2) is 12.7 Å². The van der Waals surface area contributed by atoms with Crippen molar-refractivity contribution in [3.05, 3.63) is 58.1 Å². The van der Waals surface area contributed by atoms with Crippen molar-refractivity contribution in [3.8, 4) is 0 Å². The highest BCUT2D eigenvalue weighted by molar-refractivity contribution is 9.10. The van der Waals surface area contributed by atoms with Gasteiger partial charge in [0.1, 0.15) is 0 Å². The summed E-state index contributed by atoms with van der Waals surface area (Å²) in [6.45, 7) is 2.15. The summed E-state index contributed by atoms with van der Waals surface area (Å²) in [6.07, 6.45) is 3.29. The Morgan fingerprint density at radius 1 is 1.12 bits per heavy atom. The molecule has 0 spiro atoms. The topological polar surface area (TPSA) is 66.5 Å². The Kier molecular flexibility index (Phi) is 6.97. The molecule has 0 saturated carbocycles. The van der Waals surface area contributed by atoms with Crippen molar-refractivity contribution in [3.63, 3.8) is 0 Å². The molecule has 0 saturated heterocycles. The van der Waals surface area contributed by atoms with E-state index in [-0.39, 0.29) is 16.4 Å². The largest absolute Gasteiger partial charge is 0.322 e. The molecule has 0 atom stereocenters. The molecule has 0 aliphatic carbocycles. The van der Waals surface area contributed by atoms with Gasteiger partial charge in [0.2, 0.25) is 10.0 Å². The van der Waals surface area contributed by atoms with Crippen molar-refractivity contribution in [1.82, 2.24) is 4.31 Å². The van der Waals surface area contributed by atoms with E-state index in [9.17, 15) is 13.2 Å². The maximum atomic E-state index is 12.5. The third kappa shape index (κ3) is 4.93. The van der Waals surface area contributed by atoms with Gasteiger partial charge >= 0.3 is 0 Å². The lowest BCUT2D eigenvalue weighted by Gasteiger charge is -2.14. The summed E-state index contributed by atoms with van der Waals surface area (Å²) in [5, 5.41) is 2.81. The zero-order valence-corrected chi connectivity index (χ0v) is 17.5. The Labute approximate surface area is 163 Å². The molecular formula is C19H23BrN2O3S. The van der Waals surface area contributed by atoms with Crippen molar-refractivity contribution in [1.29, 1.82) is 0 Å². The summed E-state index contributed by atoms with van der Waals surface area (Å²) in [5.74, 6) is -0.353. The quantitative estimate of drug-likeness (QED) is 0.700. The second-order valence-electron chi connectivity index (χ2n) is 6.19. The monoisotopic (exact) mass is 438 g/mol. The standard InChI is InChI=1S/C19H23BrN2O3S/c1-4-5-6-14-7-10-16(11-8-14)21-19(23)15-9-12-17(20)18(13-15)26(24,25)22(2)3/h7-13H,4-6H2,1-3H3,(H,21,23). The van der Waals surface area contributed by atoms with E-state index in [1.807, 2.05) is 24.3 Å². The van der Waals surface area contributed by atoms with Gasteiger partial charge in [-0.05, 0) is 64.7 Å². The Hall–Kier alpha value is -1.70. The van der Waals surface area contributed by atoms with E-state index in [0.29, 0.717) is 10.2 Å². The number of hydrogen-bond acceptors (Lipinski definition) is 3. The summed E-state index contributed by atoms with van der Waals surface area (Å²) >= 11 is 3.24. The normalized spacial score (nSPS) is 11.6. The first-order chi connectivity index (χ1) is 12.3. The fraction of sp³-hybridized carbons (Fsp3) is 0.316. The molecule has 1 N–H and O–H groups in total. The third-order valence-corrected chi connectivity index (χ3v) is 6.79. The van der Waals surface area contributed by atoms with Crippen LogP contribution >= 0.6 is 15.9 Å². The predicted molar refractivity (Wildman–Crippen MR) is 108 cm³/mol. The fourth-order valence-electron chi connectivity index (χ4n) is 2.38. The van der Waals surface area contributed by atoms with Crippen molar-refractivity contribution >= 4 is 37.5 Å². The van der Waals surface area contributed by atoms with E-state index in [4.69, 9.17) is 0 Å². The lowest BCUT2D eigenvalue weighted by molar-refractivity contribution is 0.102. The van der Waals surface area contributed by atoms with Crippen LogP contribution in [-0.4, -0.2) is 32.7 Å². The molecule has 2 aromatic rings. The van der Waals surface area contributed by atoms with Crippen LogP contribution in [0.15, 0.2) is 51.8 Å². The SMILES string of the molecule is CCCCc1ccc(NC(=O)c2ccc(Br)c(S(=O)(=O)N(C)C)c2)cc1. The molecule has 0 aromatic heterocycles. The Balaban J connectivity index is 2.20. The molecule has 0 radical (unpaired) electrons. The van der Waals surface area contributed by atoms with Gasteiger partial charge in [-0.2, -0.15) is 0 Å². The minimum atomic E-state index is -3.64. The number of carbonyl (C=O) groups excluding carboxylic acids is 1. The summed E-state index contributed by atoms with van der Waals surface area (Å²) in [5.41, 5.74) is 2.19. The van der Waals surface area contributed by atoms with Crippen LogP contribution < -0.4 is 5.32 Å². The average molecular weight is 439 g/mol. The molecule has 2 aromatic carbocycles. The first-order valence-electron chi connectivity index (χ1n) is 8.38. The van der Waals surface area contributed by atoms with Crippen molar-refractivity contribution in [2.45, 2.75) is 31.1 Å². The van der Waals surface area contributed by atoms with Crippen LogP contribution in [-0.2, 0) is 16.4 Å². The van der Waals surface area contributed by atoms with Crippen LogP contribution in [0.4, 0.5) is 5.69 Å². The highest BCUT2D eigenvalue weighted by Crippen LogP contribution is 2.25. The lowest BCUT2D eigenvalue weighted by atomic mass is 10.1. The zero-order chi connectivity index (χ0) is 19.3. The number of nitrogens with zero attached hydrogens (tertiary/aromatic N) is 1. The van der Waals surface area contributed by atoms with Crippen LogP contribution in [0.1, 0.15) is 35.7 Å². The summed E-state index contributed by atoms with van der Waals surface area (Å²) in [7, 11) is -0.739. The molecule has 1 amide bonds. The van der Waals surface area contributed by atoms with Crippen LogP contribution in [0.2, 0.25) is 0 Å². The molecule has 0 unspecified atom stereocenters. The second kappa shape index (κ2) is 8.79. The number of nitrogens with one attached hydrogen (secondary N) is 1. The predicted octanol–water partition coefficient (Wildman–Crippen LogP) is 4.29. The van der Waals surface area contributed by atoms with E-state index in [1.54, 1.807) is 12.1 Å². The number of amides is 1. The van der Waals surface area contributed by atoms with Gasteiger partial charge in [-0.3, -0.25) is 4.79 Å². The van der Waals surface area contributed by atoms with Crippen LogP contribution in [0.3, 0.4) is 0 Å². The summed E-state index contributed by atoms with van der Waals surface area (Å²) in [4.78, 5) is 12.6. The lowest BCUT2D eigenvalue weighted by Crippen LogP contribution is -2.23. The smallest absolute Gasteiger partial charge is 0.255 e. The minimum absolute atomic E-state index is 0.0602. The number of anilines is 1. The van der Waals surface area contributed by atoms with Gasteiger partial charge in [0.05, 0.1) is 4.90 Å². The van der Waals surface area contributed by atoms with Gasteiger partial charge in [0, 0.05) is 29.8 Å². The van der Waals surface area contributed by atoms with Gasteiger partial charge in [-0.1, -0.05) is 25.5 Å². The van der Waals surface area contributed by atoms with Crippen LogP contribution in [0.25, 0.3) is 0 Å². The molecule has 0 aliphatic heterocycles. The molecule has 26 heavy (non-hydrogen) atoms. The van der Waals surface area contributed by atoms with E-state index in [2.05, 4.69) is 28.2 Å². The van der Waals surface area contributed by atoms with E-state index in [0.717, 1.165) is 23.6 Å². The van der Waals surface area contributed by atoms with Gasteiger partial charge in [0.25, 0.3) is 5.91 Å². The number of benzene rings is 2. The third-order valence-electron chi connectivity index (χ3n) is 3.98. The zero-order valence-electron chi connectivity index (χ0n) is 15.1. The van der Waals surface area contributed by atoms with Gasteiger partial charge in [-0.15, -0.1) is 0 Å². The summed E-state index contributed by atoms with van der Waals surface area (Å²) < 4.78 is 26.3. The van der Waals surface area contributed by atoms with Crippen molar-refractivity contribution in [2.24, 2.45) is 0 Å². The Morgan fingerprint density at radius 2 is 1.77 bits per heavy atom. The molecule has 7 heteroatoms. The molecule has 0 fully saturated rings. The van der Waals surface area contributed by atoms with E-state index >= 15 is 0 Å². The van der Waals surface area contributed by atoms with Gasteiger partial charge in [0.15, 0.2) is 0 Å². The highest BCUT2D eigenvalue weighted by atomic mass is 79.9. The highest BCUT2D eigenvalue weighted by Gasteiger charge is 2.22. The first-order valence-corrected chi connectivity index (χ1v) is 10.6. The van der Waals surface area contributed by atoms with E-state index in [1.165, 1.54) is 25.7 Å². The number of sulfonamides is 1. The number of aryl methyl sites for hydroxylation is 1. The second-order valence-corrected chi connectivity index (χ2v) is 9.16. The Bertz CT molecular complexity index is 878. The molecule has 140 valence electrons. The van der Waals surface area contributed by atoms with Crippen molar-refractivity contribution in [2.75, 3.05) is 19.4 Å². The minimum Gasteiger partial charge on any atom is -0.322 e. The fourth-order valence-corrected chi connectivity index (χ4v) is 4.22. The number of carbonyl (C=O) groups is 1. The number of rotatable bonds is 7. The number of unbranched alkanes of at least 4 members (excludes halogenated alkanes) is 1. The average Bonchev–Trinajstić information content (AvgIpc) is 2.61. The number of hydrogen-bond donors (Lipinski definition) is 1. The van der Waals surface area contributed by atoms with Crippen molar-refractivity contribution < 1.29 is 13.2 Å². The maximum Gasteiger partial charge on any atom is 0.255 e. The molecule has 5 nitrogen and oxygen atoms in total. The molecule has 2 rings (SSSR count). The van der Waals surface area contributed by atoms with Crippen LogP contribution in [0.5, 0.6) is 0 Å². The first kappa shape index (κ1) is 20.6. The molecule has 0 aliphatic rings. The Morgan fingerprint density at radius 3 is 2.35 bits per heavy atom. The van der Waals surface area contributed by atoms with Gasteiger partial charge < -0.3 is 5.32 Å². The van der Waals surface area contributed by atoms with E-state index < -0.39 is 10.0 Å². The molecule has 0 bridgehead atoms. The number of halogens is 1. The molecular weight excluding hydrogens is 416 g/mol. The summed E-state index contributed by atoms with van der Waals surface area (Å²) in [6, 6.07) is 12.2. The van der Waals surface area contributed by atoms with Crippen LogP contribution in [0, 0.1) is 0 Å².